The summed E-state index contributed by atoms with van der Waals surface area (Å²) in [7, 11) is 1.24. The van der Waals surface area contributed by atoms with Crippen molar-refractivity contribution in [1.82, 2.24) is 10.6 Å². The van der Waals surface area contributed by atoms with Crippen molar-refractivity contribution >= 4 is 29.7 Å². The van der Waals surface area contributed by atoms with Crippen molar-refractivity contribution in [2.24, 2.45) is 5.73 Å². The van der Waals surface area contributed by atoms with Crippen LogP contribution in [0.3, 0.4) is 0 Å². The van der Waals surface area contributed by atoms with E-state index >= 15 is 0 Å². The Kier molecular flexibility index (Phi) is 8.16. The average Bonchev–Trinajstić information content (AvgIpc) is 2.27. The van der Waals surface area contributed by atoms with Gasteiger partial charge in [0.05, 0.1) is 12.9 Å². The minimum atomic E-state index is -0.762. The van der Waals surface area contributed by atoms with Gasteiger partial charge in [-0.05, 0) is 6.92 Å². The quantitative estimate of drug-likeness (QED) is 0.534. The molecule has 0 spiro atoms. The monoisotopic (exact) mass is 263 g/mol. The number of nitrogens with two attached hydrogens (primary N) is 1. The van der Waals surface area contributed by atoms with Gasteiger partial charge in [0.2, 0.25) is 5.91 Å². The Hall–Kier alpha value is -1.28. The first kappa shape index (κ1) is 15.7. The highest BCUT2D eigenvalue weighted by molar-refractivity contribution is 8.00. The number of amides is 3. The van der Waals surface area contributed by atoms with Crippen LogP contribution >= 0.6 is 11.8 Å². The van der Waals surface area contributed by atoms with E-state index < -0.39 is 23.9 Å². The second-order valence-electron chi connectivity index (χ2n) is 3.05. The van der Waals surface area contributed by atoms with E-state index in [1.165, 1.54) is 7.11 Å². The summed E-state index contributed by atoms with van der Waals surface area (Å²) < 4.78 is 4.42. The number of carbonyl (C=O) groups is 3. The lowest BCUT2D eigenvalue weighted by atomic mass is 10.4. The highest BCUT2D eigenvalue weighted by atomic mass is 32.2. The van der Waals surface area contributed by atoms with Crippen LogP contribution in [0.15, 0.2) is 0 Å². The zero-order valence-corrected chi connectivity index (χ0v) is 10.6. The highest BCUT2D eigenvalue weighted by Crippen LogP contribution is 2.02. The maximum absolute atomic E-state index is 11.2. The molecule has 1 unspecified atom stereocenters. The summed E-state index contributed by atoms with van der Waals surface area (Å²) in [5, 5.41) is 4.56. The van der Waals surface area contributed by atoms with Crippen molar-refractivity contribution in [2.45, 2.75) is 13.0 Å². The van der Waals surface area contributed by atoms with Crippen molar-refractivity contribution in [2.75, 3.05) is 25.2 Å². The Morgan fingerprint density at radius 2 is 2.06 bits per heavy atom. The summed E-state index contributed by atoms with van der Waals surface area (Å²) in [6.07, 6.45) is 0. The van der Waals surface area contributed by atoms with Gasteiger partial charge in [-0.3, -0.25) is 14.9 Å². The third kappa shape index (κ3) is 7.58. The number of methoxy groups -OCH3 is 1. The number of hydrogen-bond acceptors (Lipinski definition) is 6. The summed E-state index contributed by atoms with van der Waals surface area (Å²) in [6.45, 7) is 2.19. The van der Waals surface area contributed by atoms with E-state index in [-0.39, 0.29) is 11.5 Å². The second-order valence-corrected chi connectivity index (χ2v) is 4.08. The third-order valence-electron chi connectivity index (χ3n) is 1.62. The zero-order chi connectivity index (χ0) is 13.3. The first-order valence-electron chi connectivity index (χ1n) is 5.00. The molecule has 0 aliphatic rings. The Balaban J connectivity index is 3.71. The van der Waals surface area contributed by atoms with E-state index in [4.69, 9.17) is 5.73 Å². The predicted molar refractivity (Wildman–Crippen MR) is 64.5 cm³/mol. The molecule has 0 aromatic rings. The number of esters is 1. The van der Waals surface area contributed by atoms with Crippen molar-refractivity contribution in [3.63, 3.8) is 0 Å². The van der Waals surface area contributed by atoms with E-state index in [0.717, 1.165) is 11.8 Å². The molecule has 8 heteroatoms. The summed E-state index contributed by atoms with van der Waals surface area (Å²) >= 11 is 1.16. The molecule has 4 N–H and O–H groups in total. The van der Waals surface area contributed by atoms with Gasteiger partial charge in [0.15, 0.2) is 0 Å². The maximum Gasteiger partial charge on any atom is 0.323 e. The molecular formula is C9H17N3O4S. The number of rotatable bonds is 6. The van der Waals surface area contributed by atoms with Crippen LogP contribution < -0.4 is 16.4 Å². The Labute approximate surface area is 104 Å². The normalized spacial score (nSPS) is 11.5. The molecule has 0 saturated heterocycles. The van der Waals surface area contributed by atoms with Crippen LogP contribution in [0.2, 0.25) is 0 Å². The largest absolute Gasteiger partial charge is 0.468 e. The van der Waals surface area contributed by atoms with Crippen LogP contribution in [0.4, 0.5) is 4.79 Å². The molecule has 1 atom stereocenters. The molecule has 0 bridgehead atoms. The molecule has 0 heterocycles. The molecule has 17 heavy (non-hydrogen) atoms. The van der Waals surface area contributed by atoms with Crippen molar-refractivity contribution < 1.29 is 19.1 Å². The Morgan fingerprint density at radius 1 is 1.41 bits per heavy atom. The first-order chi connectivity index (χ1) is 8.01. The number of nitrogens with one attached hydrogen (secondary N) is 2. The number of hydrogen-bond donors (Lipinski definition) is 3. The van der Waals surface area contributed by atoms with Crippen LogP contribution in [-0.2, 0) is 14.3 Å². The van der Waals surface area contributed by atoms with Gasteiger partial charge in [-0.2, -0.15) is 0 Å². The number of thioether (sulfide) groups is 1. The highest BCUT2D eigenvalue weighted by Gasteiger charge is 2.14. The topological polar surface area (TPSA) is 111 Å². The van der Waals surface area contributed by atoms with Crippen LogP contribution in [0.5, 0.6) is 0 Å². The molecule has 0 aliphatic carbocycles. The number of ether oxygens (including phenoxy) is 1. The van der Waals surface area contributed by atoms with Gasteiger partial charge in [-0.1, -0.05) is 0 Å². The molecule has 0 aliphatic heterocycles. The molecule has 0 fully saturated rings. The third-order valence-corrected chi connectivity index (χ3v) is 2.69. The lowest BCUT2D eigenvalue weighted by molar-refractivity contribution is -0.141. The standard InChI is InChI=1S/C9H17N3O4S/c1-3-11-9(15)12-7(13)5-17-4-6(10)8(14)16-2/h6H,3-5,10H2,1-2H3,(H2,11,12,13,15). The van der Waals surface area contributed by atoms with Crippen LogP contribution in [-0.4, -0.2) is 49.1 Å². The van der Waals surface area contributed by atoms with Crippen LogP contribution in [0.25, 0.3) is 0 Å². The van der Waals surface area contributed by atoms with E-state index in [1.54, 1.807) is 6.92 Å². The fraction of sp³-hybridized carbons (Fsp3) is 0.667. The van der Waals surface area contributed by atoms with Crippen molar-refractivity contribution in [1.29, 1.82) is 0 Å². The minimum absolute atomic E-state index is 0.0574. The van der Waals surface area contributed by atoms with Crippen LogP contribution in [0, 0.1) is 0 Å². The first-order valence-corrected chi connectivity index (χ1v) is 6.15. The minimum Gasteiger partial charge on any atom is -0.468 e. The molecule has 7 nitrogen and oxygen atoms in total. The zero-order valence-electron chi connectivity index (χ0n) is 9.82. The van der Waals surface area contributed by atoms with Crippen molar-refractivity contribution in [3.8, 4) is 0 Å². The molecule has 98 valence electrons. The van der Waals surface area contributed by atoms with E-state index in [2.05, 4.69) is 15.4 Å². The molecule has 0 rings (SSSR count). The summed E-state index contributed by atoms with van der Waals surface area (Å²) in [4.78, 5) is 33.1. The molecule has 0 saturated carbocycles. The second kappa shape index (κ2) is 8.82. The summed E-state index contributed by atoms with van der Waals surface area (Å²) in [5.74, 6) is -0.642. The average molecular weight is 263 g/mol. The lowest BCUT2D eigenvalue weighted by Crippen LogP contribution is -2.40. The lowest BCUT2D eigenvalue weighted by Gasteiger charge is -2.08. The fourth-order valence-corrected chi connectivity index (χ4v) is 1.63. The molecule has 0 aromatic heterocycles. The predicted octanol–water partition coefficient (Wildman–Crippen LogP) is -0.934. The SMILES string of the molecule is CCNC(=O)NC(=O)CSCC(N)C(=O)OC. The van der Waals surface area contributed by atoms with Gasteiger partial charge < -0.3 is 15.8 Å². The Morgan fingerprint density at radius 3 is 2.59 bits per heavy atom. The van der Waals surface area contributed by atoms with Crippen molar-refractivity contribution in [3.05, 3.63) is 0 Å². The Bertz CT molecular complexity index is 285. The summed E-state index contributed by atoms with van der Waals surface area (Å²) in [6, 6.07) is -1.29. The smallest absolute Gasteiger partial charge is 0.323 e. The van der Waals surface area contributed by atoms with Crippen LogP contribution in [0.1, 0.15) is 6.92 Å². The van der Waals surface area contributed by atoms with Gasteiger partial charge in [0, 0.05) is 12.3 Å². The number of imide groups is 1. The van der Waals surface area contributed by atoms with Gasteiger partial charge in [0.1, 0.15) is 6.04 Å². The van der Waals surface area contributed by atoms with Gasteiger partial charge in [0.25, 0.3) is 0 Å². The number of carbonyl (C=O) groups excluding carboxylic acids is 3. The van der Waals surface area contributed by atoms with E-state index in [0.29, 0.717) is 6.54 Å². The summed E-state index contributed by atoms with van der Waals surface area (Å²) in [5.41, 5.74) is 5.46. The van der Waals surface area contributed by atoms with Gasteiger partial charge >= 0.3 is 12.0 Å². The number of urea groups is 1. The fourth-order valence-electron chi connectivity index (χ4n) is 0.865. The van der Waals surface area contributed by atoms with E-state index in [9.17, 15) is 14.4 Å². The van der Waals surface area contributed by atoms with Gasteiger partial charge in [-0.15, -0.1) is 11.8 Å². The maximum atomic E-state index is 11.2. The van der Waals surface area contributed by atoms with Gasteiger partial charge in [-0.25, -0.2) is 4.79 Å². The molecule has 0 aromatic carbocycles. The molecular weight excluding hydrogens is 246 g/mol. The van der Waals surface area contributed by atoms with E-state index in [1.807, 2.05) is 0 Å². The molecule has 0 radical (unpaired) electrons. The molecule has 3 amide bonds.